The molecule has 0 bridgehead atoms. The Hall–Kier alpha value is -2.65. The van der Waals surface area contributed by atoms with Crippen LogP contribution in [0.3, 0.4) is 0 Å². The second kappa shape index (κ2) is 10.2. The quantitative estimate of drug-likeness (QED) is 0.392. The highest BCUT2D eigenvalue weighted by molar-refractivity contribution is 7.80. The minimum Gasteiger partial charge on any atom is -0.344 e. The Morgan fingerprint density at radius 2 is 1.28 bits per heavy atom. The molecule has 3 aromatic carbocycles. The lowest BCUT2D eigenvalue weighted by Crippen LogP contribution is -2.41. The minimum absolute atomic E-state index is 0.813. The van der Waals surface area contributed by atoms with Gasteiger partial charge in [-0.1, -0.05) is 80.1 Å². The Kier molecular flexibility index (Phi) is 7.42. The maximum Gasteiger partial charge on any atom is 0.181 e. The zero-order chi connectivity index (χ0) is 20.6. The molecule has 0 amide bonds. The monoisotopic (exact) mass is 402 g/mol. The Morgan fingerprint density at radius 3 is 1.79 bits per heavy atom. The Labute approximate surface area is 180 Å². The van der Waals surface area contributed by atoms with Crippen molar-refractivity contribution in [3.8, 4) is 0 Å². The van der Waals surface area contributed by atoms with Gasteiger partial charge in [0.05, 0.1) is 11.4 Å². The fourth-order valence-corrected chi connectivity index (χ4v) is 3.85. The Morgan fingerprint density at radius 1 is 0.759 bits per heavy atom. The summed E-state index contributed by atoms with van der Waals surface area (Å²) in [6.07, 6.45) is 2.25. The van der Waals surface area contributed by atoms with E-state index in [1.54, 1.807) is 0 Å². The van der Waals surface area contributed by atoms with Crippen molar-refractivity contribution in [3.63, 3.8) is 0 Å². The molecule has 0 heterocycles. The molecule has 150 valence electrons. The van der Waals surface area contributed by atoms with E-state index in [0.29, 0.717) is 0 Å². The van der Waals surface area contributed by atoms with Crippen molar-refractivity contribution in [1.82, 2.24) is 4.90 Å². The van der Waals surface area contributed by atoms with Gasteiger partial charge in [0.25, 0.3) is 0 Å². The molecule has 29 heavy (non-hydrogen) atoms. The van der Waals surface area contributed by atoms with Gasteiger partial charge in [0, 0.05) is 13.1 Å². The first kappa shape index (κ1) is 21.1. The topological polar surface area (TPSA) is 6.48 Å². The molecule has 0 unspecified atom stereocenters. The molecular formula is C26H30N2S. The molecule has 0 atom stereocenters. The van der Waals surface area contributed by atoms with E-state index in [1.807, 2.05) is 0 Å². The summed E-state index contributed by atoms with van der Waals surface area (Å²) in [5.74, 6) is 0. The normalized spacial score (nSPS) is 10.6. The number of aryl methyl sites for hydroxylation is 2. The molecule has 0 radical (unpaired) electrons. The van der Waals surface area contributed by atoms with Crippen LogP contribution in [-0.2, 0) is 6.54 Å². The number of hydrogen-bond acceptors (Lipinski definition) is 1. The molecule has 3 rings (SSSR count). The molecule has 0 fully saturated rings. The van der Waals surface area contributed by atoms with Crippen LogP contribution in [0.2, 0.25) is 0 Å². The van der Waals surface area contributed by atoms with Crippen LogP contribution in [-0.4, -0.2) is 16.6 Å². The third kappa shape index (κ3) is 5.24. The minimum atomic E-state index is 0.813. The number of thiocarbonyl (C=S) groups is 1. The van der Waals surface area contributed by atoms with Gasteiger partial charge in [-0.3, -0.25) is 4.90 Å². The van der Waals surface area contributed by atoms with Crippen LogP contribution in [0.5, 0.6) is 0 Å². The van der Waals surface area contributed by atoms with Gasteiger partial charge in [-0.2, -0.15) is 0 Å². The van der Waals surface area contributed by atoms with Crippen molar-refractivity contribution >= 4 is 28.7 Å². The van der Waals surface area contributed by atoms with Crippen LogP contribution in [0.1, 0.15) is 36.5 Å². The third-order valence-electron chi connectivity index (χ3n) is 5.17. The van der Waals surface area contributed by atoms with Gasteiger partial charge in [0.1, 0.15) is 0 Å². The summed E-state index contributed by atoms with van der Waals surface area (Å²) in [7, 11) is 0. The number of rotatable bonds is 7. The molecule has 0 N–H and O–H groups in total. The second-order valence-electron chi connectivity index (χ2n) is 7.45. The van der Waals surface area contributed by atoms with Crippen molar-refractivity contribution in [1.29, 1.82) is 0 Å². The van der Waals surface area contributed by atoms with Crippen LogP contribution >= 0.6 is 12.2 Å². The van der Waals surface area contributed by atoms with Crippen LogP contribution in [0.15, 0.2) is 78.9 Å². The Balaban J connectivity index is 2.03. The molecule has 0 aliphatic heterocycles. The standard InChI is InChI=1S/C26H30N2S/c1-4-5-19-27(20-23-15-7-6-8-16-23)26(29)28(24-17-11-9-13-21(24)2)25-18-12-10-14-22(25)3/h6-18H,4-5,19-20H2,1-3H3. The zero-order valence-corrected chi connectivity index (χ0v) is 18.5. The van der Waals surface area contributed by atoms with Crippen molar-refractivity contribution < 1.29 is 0 Å². The molecule has 0 aliphatic rings. The number of hydrogen-bond donors (Lipinski definition) is 0. The van der Waals surface area contributed by atoms with Gasteiger partial charge in [-0.25, -0.2) is 0 Å². The summed E-state index contributed by atoms with van der Waals surface area (Å²) in [6.45, 7) is 8.28. The van der Waals surface area contributed by atoms with E-state index in [-0.39, 0.29) is 0 Å². The average Bonchev–Trinajstić information content (AvgIpc) is 2.74. The largest absolute Gasteiger partial charge is 0.344 e. The van der Waals surface area contributed by atoms with Gasteiger partial charge in [0.15, 0.2) is 5.11 Å². The molecule has 0 saturated heterocycles. The van der Waals surface area contributed by atoms with E-state index in [0.717, 1.165) is 42.4 Å². The summed E-state index contributed by atoms with van der Waals surface area (Å²) in [6, 6.07) is 27.6. The predicted molar refractivity (Wildman–Crippen MR) is 129 cm³/mol. The average molecular weight is 403 g/mol. The molecule has 0 aliphatic carbocycles. The van der Waals surface area contributed by atoms with Crippen LogP contribution in [0.25, 0.3) is 0 Å². The SMILES string of the molecule is CCCCN(Cc1ccccc1)C(=S)N(c1ccccc1C)c1ccccc1C. The van der Waals surface area contributed by atoms with Crippen molar-refractivity contribution in [3.05, 3.63) is 95.6 Å². The highest BCUT2D eigenvalue weighted by Gasteiger charge is 2.22. The van der Waals surface area contributed by atoms with E-state index in [1.165, 1.54) is 16.7 Å². The maximum absolute atomic E-state index is 6.14. The zero-order valence-electron chi connectivity index (χ0n) is 17.6. The van der Waals surface area contributed by atoms with E-state index < -0.39 is 0 Å². The van der Waals surface area contributed by atoms with Crippen molar-refractivity contribution in [2.24, 2.45) is 0 Å². The second-order valence-corrected chi connectivity index (χ2v) is 7.82. The molecular weight excluding hydrogens is 372 g/mol. The molecule has 3 heteroatoms. The number of unbranched alkanes of at least 4 members (excludes halogenated alkanes) is 1. The van der Waals surface area contributed by atoms with Crippen LogP contribution < -0.4 is 4.90 Å². The molecule has 3 aromatic rings. The van der Waals surface area contributed by atoms with E-state index in [9.17, 15) is 0 Å². The van der Waals surface area contributed by atoms with E-state index in [2.05, 4.69) is 109 Å². The third-order valence-corrected chi connectivity index (χ3v) is 5.61. The summed E-state index contributed by atoms with van der Waals surface area (Å²) >= 11 is 6.14. The van der Waals surface area contributed by atoms with Crippen molar-refractivity contribution in [2.75, 3.05) is 11.4 Å². The van der Waals surface area contributed by atoms with Gasteiger partial charge >= 0.3 is 0 Å². The number of anilines is 2. The van der Waals surface area contributed by atoms with Gasteiger partial charge in [0.2, 0.25) is 0 Å². The highest BCUT2D eigenvalue weighted by Crippen LogP contribution is 2.32. The highest BCUT2D eigenvalue weighted by atomic mass is 32.1. The Bertz CT molecular complexity index is 891. The molecule has 0 saturated carbocycles. The summed E-state index contributed by atoms with van der Waals surface area (Å²) in [5.41, 5.74) is 5.99. The first-order valence-electron chi connectivity index (χ1n) is 10.4. The van der Waals surface area contributed by atoms with E-state index >= 15 is 0 Å². The van der Waals surface area contributed by atoms with E-state index in [4.69, 9.17) is 12.2 Å². The van der Waals surface area contributed by atoms with Gasteiger partial charge in [-0.05, 0) is 61.3 Å². The predicted octanol–water partition coefficient (Wildman–Crippen LogP) is 7.03. The molecule has 0 spiro atoms. The lowest BCUT2D eigenvalue weighted by molar-refractivity contribution is 0.404. The van der Waals surface area contributed by atoms with Gasteiger partial charge in [-0.15, -0.1) is 0 Å². The lowest BCUT2D eigenvalue weighted by atomic mass is 10.1. The smallest absolute Gasteiger partial charge is 0.181 e. The summed E-state index contributed by atoms with van der Waals surface area (Å²) in [4.78, 5) is 4.59. The number of nitrogens with zero attached hydrogens (tertiary/aromatic N) is 2. The fraction of sp³-hybridized carbons (Fsp3) is 0.269. The first-order chi connectivity index (χ1) is 14.1. The number of benzene rings is 3. The molecule has 2 nitrogen and oxygen atoms in total. The van der Waals surface area contributed by atoms with Crippen LogP contribution in [0.4, 0.5) is 11.4 Å². The van der Waals surface area contributed by atoms with Crippen molar-refractivity contribution in [2.45, 2.75) is 40.2 Å². The molecule has 0 aromatic heterocycles. The summed E-state index contributed by atoms with van der Waals surface area (Å²) in [5, 5.41) is 0.853. The maximum atomic E-state index is 6.14. The number of para-hydroxylation sites is 2. The lowest BCUT2D eigenvalue weighted by Gasteiger charge is -2.35. The summed E-state index contributed by atoms with van der Waals surface area (Å²) < 4.78 is 0. The van der Waals surface area contributed by atoms with Crippen LogP contribution in [0, 0.1) is 13.8 Å². The fourth-order valence-electron chi connectivity index (χ4n) is 3.50. The van der Waals surface area contributed by atoms with Gasteiger partial charge < -0.3 is 4.90 Å². The first-order valence-corrected chi connectivity index (χ1v) is 10.8.